The first-order valence-corrected chi connectivity index (χ1v) is 13.4. The molecule has 32 heavy (non-hydrogen) atoms. The molecule has 2 atom stereocenters. The van der Waals surface area contributed by atoms with Gasteiger partial charge < -0.3 is 0 Å². The van der Waals surface area contributed by atoms with Crippen LogP contribution in [0.2, 0.25) is 0 Å². The number of rotatable bonds is 4. The van der Waals surface area contributed by atoms with Crippen LogP contribution in [0, 0.1) is 11.8 Å². The third-order valence-corrected chi connectivity index (χ3v) is 7.72. The quantitative estimate of drug-likeness (QED) is 0.667. The molecule has 0 aliphatic heterocycles. The molecule has 1 fully saturated rings. The zero-order valence-corrected chi connectivity index (χ0v) is 19.4. The number of benzene rings is 2. The zero-order chi connectivity index (χ0) is 22.5. The average molecular weight is 445 g/mol. The molecule has 1 saturated carbocycles. The molecule has 0 aromatic heterocycles. The summed E-state index contributed by atoms with van der Waals surface area (Å²) in [7, 11) is -3.13. The molecule has 2 aromatic carbocycles. The fourth-order valence-electron chi connectivity index (χ4n) is 5.60. The summed E-state index contributed by atoms with van der Waals surface area (Å²) in [5, 5.41) is 2.11. The van der Waals surface area contributed by atoms with Crippen LogP contribution in [0.4, 0.5) is 0 Å². The Kier molecular flexibility index (Phi) is 5.29. The highest BCUT2D eigenvalue weighted by atomic mass is 32.2. The first kappa shape index (κ1) is 21.1. The third-order valence-electron chi connectivity index (χ3n) is 6.87. The number of Topliss-reactive ketones (excluding diaryl/α,β-unsaturated/α-hetero) is 1. The van der Waals surface area contributed by atoms with Crippen molar-refractivity contribution in [1.29, 1.82) is 0 Å². The molecule has 0 spiro atoms. The maximum Gasteiger partial charge on any atom is 0.174 e. The van der Waals surface area contributed by atoms with Crippen LogP contribution in [-0.2, 0) is 15.6 Å². The van der Waals surface area contributed by atoms with Crippen LogP contribution in [-0.4, -0.2) is 20.5 Å². The van der Waals surface area contributed by atoms with Gasteiger partial charge in [-0.25, -0.2) is 8.42 Å². The first-order valence-electron chi connectivity index (χ1n) is 11.4. The Morgan fingerprint density at radius 2 is 1.72 bits per heavy atom. The van der Waals surface area contributed by atoms with Crippen molar-refractivity contribution in [3.8, 4) is 0 Å². The van der Waals surface area contributed by atoms with E-state index in [-0.39, 0.29) is 23.4 Å². The minimum Gasteiger partial charge on any atom is -0.293 e. The second-order valence-electron chi connectivity index (χ2n) is 9.36. The van der Waals surface area contributed by atoms with Crippen LogP contribution in [0.5, 0.6) is 0 Å². The summed E-state index contributed by atoms with van der Waals surface area (Å²) >= 11 is 0. The molecule has 0 radical (unpaired) electrons. The van der Waals surface area contributed by atoms with Gasteiger partial charge in [-0.2, -0.15) is 0 Å². The van der Waals surface area contributed by atoms with E-state index >= 15 is 0 Å². The van der Waals surface area contributed by atoms with Gasteiger partial charge >= 0.3 is 0 Å². The zero-order valence-electron chi connectivity index (χ0n) is 18.6. The number of ketones is 1. The van der Waals surface area contributed by atoms with Gasteiger partial charge in [0.05, 0.1) is 11.7 Å². The van der Waals surface area contributed by atoms with Gasteiger partial charge in [0.25, 0.3) is 0 Å². The number of hydrogen-bond acceptors (Lipinski definition) is 3. The Hall–Kier alpha value is -2.72. The summed E-state index contributed by atoms with van der Waals surface area (Å²) in [6.45, 7) is 2.22. The summed E-state index contributed by atoms with van der Waals surface area (Å²) in [4.78, 5) is 13.8. The van der Waals surface area contributed by atoms with Crippen molar-refractivity contribution < 1.29 is 13.2 Å². The standard InChI is InChI=1S/C28H28O3S/c1-18-14-21-10-6-7-11-23(21)27-25(28(29)20-8-4-3-5-9-20)16-22-15-19(17-32(2,30)31)12-13-24(22)26(18)27/h3-5,8-9,12-16,18,25H,6-7,10-11,17H2,1-2H3. The van der Waals surface area contributed by atoms with Crippen molar-refractivity contribution in [2.24, 2.45) is 11.8 Å². The van der Waals surface area contributed by atoms with Crippen molar-refractivity contribution in [3.63, 3.8) is 0 Å². The Balaban J connectivity index is 1.77. The lowest BCUT2D eigenvalue weighted by Crippen LogP contribution is -2.39. The largest absolute Gasteiger partial charge is 0.293 e. The molecule has 0 saturated heterocycles. The van der Waals surface area contributed by atoms with Crippen molar-refractivity contribution in [1.82, 2.24) is 0 Å². The highest BCUT2D eigenvalue weighted by Crippen LogP contribution is 2.45. The van der Waals surface area contributed by atoms with E-state index in [0.29, 0.717) is 0 Å². The van der Waals surface area contributed by atoms with E-state index in [9.17, 15) is 13.2 Å². The molecule has 0 N–H and O–H groups in total. The smallest absolute Gasteiger partial charge is 0.174 e. The van der Waals surface area contributed by atoms with Gasteiger partial charge in [0.1, 0.15) is 0 Å². The lowest BCUT2D eigenvalue weighted by Gasteiger charge is -2.35. The van der Waals surface area contributed by atoms with Gasteiger partial charge in [0, 0.05) is 17.7 Å². The molecule has 164 valence electrons. The second kappa shape index (κ2) is 8.00. The number of hydrogen-bond donors (Lipinski definition) is 0. The van der Waals surface area contributed by atoms with Crippen LogP contribution in [0.1, 0.15) is 48.5 Å². The predicted molar refractivity (Wildman–Crippen MR) is 129 cm³/mol. The summed E-state index contributed by atoms with van der Waals surface area (Å²) in [5.74, 6) is 0.00597. The lowest BCUT2D eigenvalue weighted by atomic mass is 9.68. The average Bonchev–Trinajstić information content (AvgIpc) is 2.77. The summed E-state index contributed by atoms with van der Waals surface area (Å²) in [6, 6.07) is 15.5. The second-order valence-corrected chi connectivity index (χ2v) is 11.5. The summed E-state index contributed by atoms with van der Waals surface area (Å²) < 4.78 is 23.8. The van der Waals surface area contributed by atoms with Crippen LogP contribution < -0.4 is 10.4 Å². The normalized spacial score (nSPS) is 22.3. The first-order chi connectivity index (χ1) is 15.3. The molecule has 0 bridgehead atoms. The van der Waals surface area contributed by atoms with Crippen molar-refractivity contribution in [2.75, 3.05) is 6.26 Å². The van der Waals surface area contributed by atoms with Crippen molar-refractivity contribution in [3.05, 3.63) is 92.9 Å². The topological polar surface area (TPSA) is 51.2 Å². The predicted octanol–water partition coefficient (Wildman–Crippen LogP) is 4.12. The van der Waals surface area contributed by atoms with Gasteiger partial charge in [-0.3, -0.25) is 4.79 Å². The molecular weight excluding hydrogens is 416 g/mol. The van der Waals surface area contributed by atoms with Gasteiger partial charge in [0.15, 0.2) is 15.6 Å². The van der Waals surface area contributed by atoms with Gasteiger partial charge in [-0.05, 0) is 64.0 Å². The molecule has 0 heterocycles. The molecule has 2 aromatic rings. The van der Waals surface area contributed by atoms with Crippen molar-refractivity contribution >= 4 is 27.3 Å². The highest BCUT2D eigenvalue weighted by molar-refractivity contribution is 7.89. The van der Waals surface area contributed by atoms with E-state index < -0.39 is 9.84 Å². The van der Waals surface area contributed by atoms with Gasteiger partial charge in [-0.1, -0.05) is 67.6 Å². The maximum absolute atomic E-state index is 13.8. The Morgan fingerprint density at radius 1 is 0.969 bits per heavy atom. The van der Waals surface area contributed by atoms with E-state index in [2.05, 4.69) is 25.1 Å². The number of fused-ring (bicyclic) bond motifs is 3. The summed E-state index contributed by atoms with van der Waals surface area (Å²) in [5.41, 5.74) is 6.70. The van der Waals surface area contributed by atoms with Gasteiger partial charge in [-0.15, -0.1) is 0 Å². The molecule has 3 nitrogen and oxygen atoms in total. The minimum absolute atomic E-state index is 0.00824. The van der Waals surface area contributed by atoms with E-state index in [1.54, 1.807) is 0 Å². The highest BCUT2D eigenvalue weighted by Gasteiger charge is 2.35. The Bertz CT molecular complexity index is 1390. The minimum atomic E-state index is -3.13. The number of carbonyl (C=O) groups is 1. The Labute approximate surface area is 189 Å². The molecule has 3 aliphatic carbocycles. The van der Waals surface area contributed by atoms with Crippen LogP contribution >= 0.6 is 0 Å². The molecule has 4 heteroatoms. The van der Waals surface area contributed by atoms with E-state index in [0.717, 1.165) is 40.8 Å². The molecular formula is C28H28O3S. The van der Waals surface area contributed by atoms with E-state index in [4.69, 9.17) is 0 Å². The fraction of sp³-hybridized carbons (Fsp3) is 0.321. The number of sulfone groups is 1. The monoisotopic (exact) mass is 444 g/mol. The number of carbonyl (C=O) groups excluding carboxylic acids is 1. The van der Waals surface area contributed by atoms with E-state index in [1.807, 2.05) is 42.5 Å². The van der Waals surface area contributed by atoms with Crippen molar-refractivity contribution in [2.45, 2.75) is 38.4 Å². The van der Waals surface area contributed by atoms with Crippen LogP contribution in [0.3, 0.4) is 0 Å². The van der Waals surface area contributed by atoms with E-state index in [1.165, 1.54) is 35.0 Å². The molecule has 0 amide bonds. The molecule has 2 unspecified atom stereocenters. The van der Waals surface area contributed by atoms with Gasteiger partial charge in [0.2, 0.25) is 0 Å². The molecule has 5 rings (SSSR count). The fourth-order valence-corrected chi connectivity index (χ4v) is 6.38. The third kappa shape index (κ3) is 3.81. The number of allylic oxidation sites excluding steroid dienone is 4. The molecule has 3 aliphatic rings. The Morgan fingerprint density at radius 3 is 2.47 bits per heavy atom. The summed E-state index contributed by atoms with van der Waals surface area (Å²) in [6.07, 6.45) is 10.2. The SMILES string of the molecule is CC1C=C2CCCCC2=C2C1=c1ccc(CS(C)(=O)=O)cc1=CC2C(=O)c1ccccc1. The maximum atomic E-state index is 13.8. The van der Waals surface area contributed by atoms with Crippen LogP contribution in [0.15, 0.2) is 71.3 Å². The lowest BCUT2D eigenvalue weighted by molar-refractivity contribution is 0.0967. The van der Waals surface area contributed by atoms with Crippen LogP contribution in [0.25, 0.3) is 11.6 Å².